The fraction of sp³-hybridized carbons (Fsp3) is 0.600. The first kappa shape index (κ1) is 20.2. The van der Waals surface area contributed by atoms with E-state index in [0.717, 1.165) is 45.3 Å². The third-order valence-corrected chi connectivity index (χ3v) is 4.98. The largest absolute Gasteiger partial charge is 0.365 e. The Bertz CT molecular complexity index is 606. The van der Waals surface area contributed by atoms with E-state index in [2.05, 4.69) is 43.0 Å². The zero-order valence-electron chi connectivity index (χ0n) is 15.9. The lowest BCUT2D eigenvalue weighted by atomic mass is 10.1. The summed E-state index contributed by atoms with van der Waals surface area (Å²) in [5, 5.41) is 8.43. The van der Waals surface area contributed by atoms with E-state index in [4.69, 9.17) is 5.21 Å². The summed E-state index contributed by atoms with van der Waals surface area (Å²) in [5.41, 5.74) is 4.12. The Morgan fingerprint density at radius 1 is 1.15 bits per heavy atom. The molecule has 0 spiro atoms. The number of nitrogens with zero attached hydrogens (tertiary/aromatic N) is 2. The van der Waals surface area contributed by atoms with Crippen molar-refractivity contribution in [2.75, 3.05) is 24.5 Å². The topological polar surface area (TPSA) is 72.9 Å². The van der Waals surface area contributed by atoms with Crippen molar-refractivity contribution < 1.29 is 14.8 Å². The summed E-state index contributed by atoms with van der Waals surface area (Å²) in [5.74, 6) is -0.115. The van der Waals surface area contributed by atoms with Gasteiger partial charge in [0.2, 0.25) is 11.8 Å². The lowest BCUT2D eigenvalue weighted by Gasteiger charge is -2.41. The number of aryl methyl sites for hydroxylation is 1. The van der Waals surface area contributed by atoms with Crippen LogP contribution in [0.4, 0.5) is 5.69 Å². The third-order valence-electron chi connectivity index (χ3n) is 4.98. The molecule has 1 fully saturated rings. The molecule has 1 heterocycles. The van der Waals surface area contributed by atoms with E-state index in [1.807, 2.05) is 4.90 Å². The molecule has 1 saturated heterocycles. The monoisotopic (exact) mass is 361 g/mol. The lowest BCUT2D eigenvalue weighted by molar-refractivity contribution is -0.132. The van der Waals surface area contributed by atoms with Crippen LogP contribution in [0, 0.1) is 6.92 Å². The molecule has 6 heteroatoms. The summed E-state index contributed by atoms with van der Waals surface area (Å²) in [6.45, 7) is 6.68. The molecule has 1 atom stereocenters. The number of hydrogen-bond acceptors (Lipinski definition) is 4. The highest BCUT2D eigenvalue weighted by atomic mass is 16.5. The second kappa shape index (κ2) is 10.2. The molecule has 0 aliphatic carbocycles. The maximum atomic E-state index is 12.4. The van der Waals surface area contributed by atoms with Crippen molar-refractivity contribution in [3.63, 3.8) is 0 Å². The molecule has 0 radical (unpaired) electrons. The number of hydrogen-bond donors (Lipinski definition) is 2. The van der Waals surface area contributed by atoms with E-state index >= 15 is 0 Å². The zero-order valence-corrected chi connectivity index (χ0v) is 15.9. The normalized spacial score (nSPS) is 17.3. The van der Waals surface area contributed by atoms with Crippen molar-refractivity contribution in [3.8, 4) is 0 Å². The first-order valence-corrected chi connectivity index (χ1v) is 9.55. The minimum atomic E-state index is -0.346. The average molecular weight is 361 g/mol. The number of nitrogens with one attached hydrogen (secondary N) is 1. The van der Waals surface area contributed by atoms with E-state index in [-0.39, 0.29) is 11.8 Å². The Morgan fingerprint density at radius 2 is 1.88 bits per heavy atom. The number of carbonyl (C=O) groups excluding carboxylic acids is 2. The van der Waals surface area contributed by atoms with Crippen molar-refractivity contribution >= 4 is 17.5 Å². The zero-order chi connectivity index (χ0) is 18.9. The smallest absolute Gasteiger partial charge is 0.243 e. The molecule has 6 nitrogen and oxygen atoms in total. The molecule has 2 rings (SSSR count). The molecule has 1 aromatic rings. The van der Waals surface area contributed by atoms with Crippen LogP contribution in [0.3, 0.4) is 0 Å². The molecule has 2 N–H and O–H groups in total. The lowest BCUT2D eigenvalue weighted by Crippen LogP contribution is -2.53. The van der Waals surface area contributed by atoms with E-state index in [1.165, 1.54) is 11.3 Å². The Balaban J connectivity index is 1.69. The van der Waals surface area contributed by atoms with E-state index in [1.54, 1.807) is 5.48 Å². The minimum absolute atomic E-state index is 0.230. The van der Waals surface area contributed by atoms with Gasteiger partial charge in [-0.2, -0.15) is 0 Å². The molecule has 26 heavy (non-hydrogen) atoms. The standard InChI is InChI=1S/C20H31N3O3/c1-16-8-7-9-18(14-16)23-13-12-22(15-17(23)2)20(25)11-6-4-3-5-10-19(24)21-26/h7-9,14,17,26H,3-6,10-13,15H2,1-2H3,(H,21,24). The average Bonchev–Trinajstić information content (AvgIpc) is 2.63. The van der Waals surface area contributed by atoms with Gasteiger partial charge in [-0.05, 0) is 44.4 Å². The summed E-state index contributed by atoms with van der Waals surface area (Å²) >= 11 is 0. The molecule has 0 saturated carbocycles. The highest BCUT2D eigenvalue weighted by molar-refractivity contribution is 5.76. The van der Waals surface area contributed by atoms with Crippen LogP contribution in [-0.2, 0) is 9.59 Å². The fourth-order valence-corrected chi connectivity index (χ4v) is 3.50. The molecule has 0 aromatic heterocycles. The van der Waals surface area contributed by atoms with Gasteiger partial charge in [-0.3, -0.25) is 14.8 Å². The second-order valence-electron chi connectivity index (χ2n) is 7.17. The number of rotatable bonds is 8. The predicted molar refractivity (Wildman–Crippen MR) is 102 cm³/mol. The number of carbonyl (C=O) groups is 2. The molecular formula is C20H31N3O3. The Morgan fingerprint density at radius 3 is 2.54 bits per heavy atom. The van der Waals surface area contributed by atoms with Crippen molar-refractivity contribution in [1.82, 2.24) is 10.4 Å². The Labute approximate surface area is 156 Å². The molecule has 1 aliphatic rings. The van der Waals surface area contributed by atoms with E-state index < -0.39 is 0 Å². The Hall–Kier alpha value is -2.08. The molecule has 0 bridgehead atoms. The number of benzene rings is 1. The second-order valence-corrected chi connectivity index (χ2v) is 7.17. The minimum Gasteiger partial charge on any atom is -0.365 e. The van der Waals surface area contributed by atoms with Gasteiger partial charge < -0.3 is 9.80 Å². The summed E-state index contributed by atoms with van der Waals surface area (Å²) in [6, 6.07) is 8.83. The SMILES string of the molecule is Cc1cccc(N2CCN(C(=O)CCCCCCC(=O)NO)CC2C)c1. The van der Waals surface area contributed by atoms with Gasteiger partial charge in [-0.25, -0.2) is 5.48 Å². The van der Waals surface area contributed by atoms with Crippen LogP contribution >= 0.6 is 0 Å². The summed E-state index contributed by atoms with van der Waals surface area (Å²) in [4.78, 5) is 27.7. The number of hydroxylamine groups is 1. The van der Waals surface area contributed by atoms with Gasteiger partial charge in [0.1, 0.15) is 0 Å². The highest BCUT2D eigenvalue weighted by Crippen LogP contribution is 2.22. The first-order chi connectivity index (χ1) is 12.5. The highest BCUT2D eigenvalue weighted by Gasteiger charge is 2.26. The summed E-state index contributed by atoms with van der Waals surface area (Å²) in [7, 11) is 0. The summed E-state index contributed by atoms with van der Waals surface area (Å²) < 4.78 is 0. The molecule has 144 valence electrons. The van der Waals surface area contributed by atoms with Crippen molar-refractivity contribution in [2.24, 2.45) is 0 Å². The number of unbranched alkanes of at least 4 members (excludes halogenated alkanes) is 3. The number of amides is 2. The van der Waals surface area contributed by atoms with Crippen LogP contribution in [0.1, 0.15) is 51.0 Å². The maximum Gasteiger partial charge on any atom is 0.243 e. The van der Waals surface area contributed by atoms with Crippen molar-refractivity contribution in [2.45, 2.75) is 58.4 Å². The van der Waals surface area contributed by atoms with E-state index in [0.29, 0.717) is 18.9 Å². The van der Waals surface area contributed by atoms with Gasteiger partial charge in [0.05, 0.1) is 0 Å². The molecular weight excluding hydrogens is 330 g/mol. The van der Waals surface area contributed by atoms with Crippen LogP contribution in [0.5, 0.6) is 0 Å². The van der Waals surface area contributed by atoms with Crippen molar-refractivity contribution in [3.05, 3.63) is 29.8 Å². The van der Waals surface area contributed by atoms with Gasteiger partial charge in [0.15, 0.2) is 0 Å². The van der Waals surface area contributed by atoms with Crippen LogP contribution in [-0.4, -0.2) is 47.6 Å². The number of piperazine rings is 1. The quantitative estimate of drug-likeness (QED) is 0.424. The van der Waals surface area contributed by atoms with Gasteiger partial charge in [-0.1, -0.05) is 25.0 Å². The summed E-state index contributed by atoms with van der Waals surface area (Å²) in [6.07, 6.45) is 4.34. The Kier molecular flexibility index (Phi) is 7.91. The van der Waals surface area contributed by atoms with Gasteiger partial charge in [-0.15, -0.1) is 0 Å². The van der Waals surface area contributed by atoms with Crippen molar-refractivity contribution in [1.29, 1.82) is 0 Å². The van der Waals surface area contributed by atoms with Gasteiger partial charge in [0.25, 0.3) is 0 Å². The van der Waals surface area contributed by atoms with Crippen LogP contribution in [0.15, 0.2) is 24.3 Å². The molecule has 2 amide bonds. The van der Waals surface area contributed by atoms with Crippen LogP contribution in [0.2, 0.25) is 0 Å². The van der Waals surface area contributed by atoms with Crippen LogP contribution in [0.25, 0.3) is 0 Å². The molecule has 1 aliphatic heterocycles. The maximum absolute atomic E-state index is 12.4. The molecule has 1 aromatic carbocycles. The first-order valence-electron chi connectivity index (χ1n) is 9.55. The van der Waals surface area contributed by atoms with E-state index in [9.17, 15) is 9.59 Å². The van der Waals surface area contributed by atoms with Gasteiger partial charge in [0, 0.05) is 44.2 Å². The predicted octanol–water partition coefficient (Wildman–Crippen LogP) is 2.88. The van der Waals surface area contributed by atoms with Crippen LogP contribution < -0.4 is 10.4 Å². The fourth-order valence-electron chi connectivity index (χ4n) is 3.50. The third kappa shape index (κ3) is 6.02. The number of anilines is 1. The van der Waals surface area contributed by atoms with Gasteiger partial charge >= 0.3 is 0 Å². The molecule has 1 unspecified atom stereocenters.